The highest BCUT2D eigenvalue weighted by Gasteiger charge is 2.28. The Balaban J connectivity index is 1.23. The number of para-hydroxylation sites is 2. The molecule has 0 aliphatic carbocycles. The number of hydrogen-bond donors (Lipinski definition) is 1. The lowest BCUT2D eigenvalue weighted by molar-refractivity contribution is -0.125. The zero-order chi connectivity index (χ0) is 24.9. The number of rotatable bonds is 8. The van der Waals surface area contributed by atoms with Crippen LogP contribution >= 0.6 is 0 Å². The molecule has 7 nitrogen and oxygen atoms in total. The molecule has 2 aromatic carbocycles. The van der Waals surface area contributed by atoms with E-state index in [-0.39, 0.29) is 17.4 Å². The van der Waals surface area contributed by atoms with Crippen molar-refractivity contribution in [2.24, 2.45) is 5.92 Å². The van der Waals surface area contributed by atoms with Gasteiger partial charge in [-0.25, -0.2) is 4.98 Å². The lowest BCUT2D eigenvalue weighted by Crippen LogP contribution is -2.44. The molecule has 190 valence electrons. The second-order valence-corrected chi connectivity index (χ2v) is 10.2. The van der Waals surface area contributed by atoms with Crippen LogP contribution in [0.25, 0.3) is 11.0 Å². The molecule has 0 bridgehead atoms. The highest BCUT2D eigenvalue weighted by Crippen LogP contribution is 2.23. The Morgan fingerprint density at radius 1 is 1.00 bits per heavy atom. The number of amides is 1. The molecule has 36 heavy (non-hydrogen) atoms. The lowest BCUT2D eigenvalue weighted by Gasteiger charge is -2.32. The molecule has 2 aliphatic heterocycles. The Kier molecular flexibility index (Phi) is 7.66. The van der Waals surface area contributed by atoms with Crippen molar-refractivity contribution in [1.29, 1.82) is 0 Å². The van der Waals surface area contributed by atoms with Crippen molar-refractivity contribution >= 4 is 22.8 Å². The summed E-state index contributed by atoms with van der Waals surface area (Å²) in [5.41, 5.74) is 2.66. The Labute approximate surface area is 213 Å². The van der Waals surface area contributed by atoms with Crippen LogP contribution in [0, 0.1) is 5.92 Å². The van der Waals surface area contributed by atoms with E-state index in [1.165, 1.54) is 25.9 Å². The molecule has 2 saturated heterocycles. The van der Waals surface area contributed by atoms with Crippen molar-refractivity contribution in [3.8, 4) is 0 Å². The van der Waals surface area contributed by atoms with E-state index in [1.807, 2.05) is 59.2 Å². The fourth-order valence-electron chi connectivity index (χ4n) is 5.57. The average molecular weight is 488 g/mol. The van der Waals surface area contributed by atoms with Crippen LogP contribution in [0.3, 0.4) is 0 Å². The average Bonchev–Trinajstić information content (AvgIpc) is 3.46. The van der Waals surface area contributed by atoms with E-state index in [2.05, 4.69) is 22.0 Å². The van der Waals surface area contributed by atoms with Crippen LogP contribution in [0.5, 0.6) is 0 Å². The van der Waals surface area contributed by atoms with Crippen LogP contribution in [0.4, 0.5) is 5.82 Å². The Morgan fingerprint density at radius 2 is 1.69 bits per heavy atom. The number of anilines is 1. The molecule has 2 aliphatic rings. The Morgan fingerprint density at radius 3 is 2.44 bits per heavy atom. The minimum atomic E-state index is -0.0728. The second kappa shape index (κ2) is 11.2. The molecule has 5 rings (SSSR count). The quantitative estimate of drug-likeness (QED) is 0.525. The number of benzene rings is 2. The molecular formula is C29H37N5O2. The summed E-state index contributed by atoms with van der Waals surface area (Å²) in [5.74, 6) is 0.634. The first-order chi connectivity index (χ1) is 17.6. The Hall–Kier alpha value is -3.19. The van der Waals surface area contributed by atoms with E-state index in [0.717, 1.165) is 42.4 Å². The smallest absolute Gasteiger partial charge is 0.294 e. The minimum absolute atomic E-state index is 0.00431. The molecule has 0 saturated carbocycles. The van der Waals surface area contributed by atoms with Crippen molar-refractivity contribution in [3.05, 3.63) is 70.5 Å². The molecule has 3 aromatic rings. The first-order valence-corrected chi connectivity index (χ1v) is 13.4. The molecule has 3 heterocycles. The number of aromatic nitrogens is 2. The molecular weight excluding hydrogens is 450 g/mol. The van der Waals surface area contributed by atoms with Gasteiger partial charge in [0.25, 0.3) is 5.56 Å². The molecule has 1 atom stereocenters. The van der Waals surface area contributed by atoms with Crippen LogP contribution in [0.15, 0.2) is 59.4 Å². The predicted molar refractivity (Wildman–Crippen MR) is 144 cm³/mol. The van der Waals surface area contributed by atoms with E-state index in [9.17, 15) is 9.59 Å². The highest BCUT2D eigenvalue weighted by atomic mass is 16.2. The van der Waals surface area contributed by atoms with Gasteiger partial charge in [-0.2, -0.15) is 0 Å². The summed E-state index contributed by atoms with van der Waals surface area (Å²) in [5, 5.41) is 3.17. The zero-order valence-electron chi connectivity index (χ0n) is 21.2. The Bertz CT molecular complexity index is 1230. The third kappa shape index (κ3) is 5.46. The topological polar surface area (TPSA) is 70.5 Å². The number of carbonyl (C=O) groups excluding carboxylic acids is 1. The fraction of sp³-hybridized carbons (Fsp3) is 0.483. The van der Waals surface area contributed by atoms with Gasteiger partial charge in [-0.05, 0) is 69.8 Å². The molecule has 1 aromatic heterocycles. The maximum absolute atomic E-state index is 13.6. The van der Waals surface area contributed by atoms with Gasteiger partial charge in [0.05, 0.1) is 17.6 Å². The van der Waals surface area contributed by atoms with Gasteiger partial charge in [0.15, 0.2) is 5.82 Å². The summed E-state index contributed by atoms with van der Waals surface area (Å²) >= 11 is 0. The summed E-state index contributed by atoms with van der Waals surface area (Å²) in [6, 6.07) is 18.4. The standard InChI is InChI=1S/C29H37N5O2/c1-22(32-17-7-8-18-32)13-16-30-28(35)24-14-19-33(20-15-24)27-29(36)34(21-23-9-3-2-4-10-23)26-12-6-5-11-25(26)31-27/h2-6,9-12,22,24H,7-8,13-21H2,1H3,(H,30,35)/t22-/m1/s1. The molecule has 0 spiro atoms. The third-order valence-corrected chi connectivity index (χ3v) is 7.81. The second-order valence-electron chi connectivity index (χ2n) is 10.2. The maximum Gasteiger partial charge on any atom is 0.294 e. The van der Waals surface area contributed by atoms with Crippen molar-refractivity contribution in [2.75, 3.05) is 37.6 Å². The van der Waals surface area contributed by atoms with E-state index >= 15 is 0 Å². The summed E-state index contributed by atoms with van der Waals surface area (Å²) < 4.78 is 1.83. The monoisotopic (exact) mass is 487 g/mol. The van der Waals surface area contributed by atoms with Gasteiger partial charge >= 0.3 is 0 Å². The molecule has 0 unspecified atom stereocenters. The maximum atomic E-state index is 13.6. The van der Waals surface area contributed by atoms with Gasteiger partial charge in [-0.1, -0.05) is 42.5 Å². The van der Waals surface area contributed by atoms with Crippen LogP contribution in [-0.2, 0) is 11.3 Å². The largest absolute Gasteiger partial charge is 0.356 e. The highest BCUT2D eigenvalue weighted by molar-refractivity contribution is 5.79. The molecule has 1 amide bonds. The van der Waals surface area contributed by atoms with Crippen LogP contribution in [0.2, 0.25) is 0 Å². The minimum Gasteiger partial charge on any atom is -0.356 e. The van der Waals surface area contributed by atoms with Gasteiger partial charge < -0.3 is 15.1 Å². The van der Waals surface area contributed by atoms with Gasteiger partial charge in [0.2, 0.25) is 5.91 Å². The van der Waals surface area contributed by atoms with E-state index in [0.29, 0.717) is 31.5 Å². The number of nitrogens with zero attached hydrogens (tertiary/aromatic N) is 4. The van der Waals surface area contributed by atoms with Gasteiger partial charge in [0, 0.05) is 31.6 Å². The van der Waals surface area contributed by atoms with E-state index in [1.54, 1.807) is 0 Å². The number of piperidine rings is 1. The van der Waals surface area contributed by atoms with Gasteiger partial charge in [-0.3, -0.25) is 14.2 Å². The number of carbonyl (C=O) groups is 1. The van der Waals surface area contributed by atoms with Crippen molar-refractivity contribution in [2.45, 2.75) is 51.6 Å². The summed E-state index contributed by atoms with van der Waals surface area (Å²) in [4.78, 5) is 35.8. The number of likely N-dealkylation sites (tertiary alicyclic amines) is 1. The predicted octanol–water partition coefficient (Wildman–Crippen LogP) is 3.65. The lowest BCUT2D eigenvalue weighted by atomic mass is 9.96. The summed E-state index contributed by atoms with van der Waals surface area (Å²) in [7, 11) is 0. The number of nitrogens with one attached hydrogen (secondary N) is 1. The third-order valence-electron chi connectivity index (χ3n) is 7.81. The van der Waals surface area contributed by atoms with Gasteiger partial charge in [-0.15, -0.1) is 0 Å². The van der Waals surface area contributed by atoms with Gasteiger partial charge in [0.1, 0.15) is 0 Å². The summed E-state index contributed by atoms with van der Waals surface area (Å²) in [6.45, 7) is 7.18. The van der Waals surface area contributed by atoms with Crippen molar-refractivity contribution in [1.82, 2.24) is 19.8 Å². The number of hydrogen-bond acceptors (Lipinski definition) is 5. The first kappa shape index (κ1) is 24.5. The van der Waals surface area contributed by atoms with Crippen molar-refractivity contribution in [3.63, 3.8) is 0 Å². The van der Waals surface area contributed by atoms with E-state index < -0.39 is 0 Å². The first-order valence-electron chi connectivity index (χ1n) is 13.4. The van der Waals surface area contributed by atoms with Crippen LogP contribution < -0.4 is 15.8 Å². The van der Waals surface area contributed by atoms with Crippen molar-refractivity contribution < 1.29 is 4.79 Å². The van der Waals surface area contributed by atoms with Crippen LogP contribution in [-0.4, -0.2) is 59.1 Å². The molecule has 1 N–H and O–H groups in total. The fourth-order valence-corrected chi connectivity index (χ4v) is 5.57. The zero-order valence-corrected chi connectivity index (χ0v) is 21.2. The van der Waals surface area contributed by atoms with E-state index in [4.69, 9.17) is 4.98 Å². The van der Waals surface area contributed by atoms with Crippen LogP contribution in [0.1, 0.15) is 44.6 Å². The molecule has 7 heteroatoms. The number of fused-ring (bicyclic) bond motifs is 1. The summed E-state index contributed by atoms with van der Waals surface area (Å²) in [6.07, 6.45) is 5.05. The molecule has 2 fully saturated rings. The molecule has 0 radical (unpaired) electrons. The normalized spacial score (nSPS) is 18.0. The SMILES string of the molecule is C[C@H](CCNC(=O)C1CCN(c2nc3ccccc3n(Cc3ccccc3)c2=O)CC1)N1CCCC1.